The van der Waals surface area contributed by atoms with Gasteiger partial charge in [-0.15, -0.1) is 11.3 Å². The molecular formula is C12H12F3N3O2S. The maximum absolute atomic E-state index is 12.7. The van der Waals surface area contributed by atoms with Crippen LogP contribution in [-0.2, 0) is 0 Å². The van der Waals surface area contributed by atoms with Gasteiger partial charge in [-0.25, -0.2) is 4.98 Å². The van der Waals surface area contributed by atoms with Crippen molar-refractivity contribution in [3.63, 3.8) is 0 Å². The van der Waals surface area contributed by atoms with Crippen LogP contribution in [0, 0.1) is 20.8 Å². The van der Waals surface area contributed by atoms with Crippen molar-refractivity contribution in [3.05, 3.63) is 28.1 Å². The molecule has 0 N–H and O–H groups in total. The first-order valence-corrected chi connectivity index (χ1v) is 6.80. The van der Waals surface area contributed by atoms with Crippen molar-refractivity contribution in [2.75, 3.05) is 11.4 Å². The second-order valence-electron chi connectivity index (χ2n) is 4.48. The van der Waals surface area contributed by atoms with Gasteiger partial charge in [-0.1, -0.05) is 5.16 Å². The molecule has 0 aromatic carbocycles. The Morgan fingerprint density at radius 1 is 1.38 bits per heavy atom. The number of aromatic nitrogens is 2. The monoisotopic (exact) mass is 319 g/mol. The molecule has 0 atom stereocenters. The summed E-state index contributed by atoms with van der Waals surface area (Å²) in [6.45, 7) is 3.21. The van der Waals surface area contributed by atoms with Gasteiger partial charge in [-0.2, -0.15) is 13.2 Å². The summed E-state index contributed by atoms with van der Waals surface area (Å²) in [6, 6.07) is 0. The van der Waals surface area contributed by atoms with Gasteiger partial charge in [0.05, 0.1) is 11.4 Å². The molecule has 21 heavy (non-hydrogen) atoms. The molecule has 2 rings (SSSR count). The number of thiazole rings is 1. The van der Waals surface area contributed by atoms with Gasteiger partial charge in [-0.05, 0) is 20.8 Å². The number of nitrogens with zero attached hydrogens (tertiary/aromatic N) is 3. The molecule has 0 aliphatic carbocycles. The van der Waals surface area contributed by atoms with Crippen molar-refractivity contribution in [1.82, 2.24) is 10.1 Å². The van der Waals surface area contributed by atoms with Gasteiger partial charge in [0.2, 0.25) is 0 Å². The van der Waals surface area contributed by atoms with E-state index >= 15 is 0 Å². The molecule has 1 amide bonds. The number of hydrogen-bond acceptors (Lipinski definition) is 5. The zero-order valence-corrected chi connectivity index (χ0v) is 12.3. The third kappa shape index (κ3) is 3.41. The summed E-state index contributed by atoms with van der Waals surface area (Å²) in [6.07, 6.45) is -4.53. The van der Waals surface area contributed by atoms with Crippen LogP contribution in [-0.4, -0.2) is 28.8 Å². The number of amides is 1. The fraction of sp³-hybridized carbons (Fsp3) is 0.417. The second-order valence-corrected chi connectivity index (χ2v) is 5.31. The molecule has 2 aromatic heterocycles. The third-order valence-corrected chi connectivity index (χ3v) is 3.65. The van der Waals surface area contributed by atoms with Crippen LogP contribution in [0.4, 0.5) is 18.3 Å². The van der Waals surface area contributed by atoms with Gasteiger partial charge in [0.25, 0.3) is 5.91 Å². The van der Waals surface area contributed by atoms with E-state index in [-0.39, 0.29) is 22.1 Å². The SMILES string of the molecule is Cc1csc(N(CC(F)(F)F)C(=O)c2c(C)noc2C)n1. The lowest BCUT2D eigenvalue weighted by atomic mass is 10.2. The Hall–Kier alpha value is -1.90. The molecule has 0 aliphatic heterocycles. The maximum Gasteiger partial charge on any atom is 0.406 e. The molecule has 2 heterocycles. The molecule has 0 bridgehead atoms. The highest BCUT2D eigenvalue weighted by atomic mass is 32.1. The predicted molar refractivity (Wildman–Crippen MR) is 70.6 cm³/mol. The number of aryl methyl sites for hydroxylation is 3. The minimum atomic E-state index is -4.53. The predicted octanol–water partition coefficient (Wildman–Crippen LogP) is 3.27. The quantitative estimate of drug-likeness (QED) is 0.871. The molecule has 0 saturated carbocycles. The molecule has 0 fully saturated rings. The molecule has 5 nitrogen and oxygen atoms in total. The highest BCUT2D eigenvalue weighted by molar-refractivity contribution is 7.14. The summed E-state index contributed by atoms with van der Waals surface area (Å²) >= 11 is 0.979. The van der Waals surface area contributed by atoms with Crippen molar-refractivity contribution in [2.24, 2.45) is 0 Å². The summed E-state index contributed by atoms with van der Waals surface area (Å²) in [5.74, 6) is -0.643. The second kappa shape index (κ2) is 5.47. The van der Waals surface area contributed by atoms with Crippen LogP contribution in [0.1, 0.15) is 27.5 Å². The zero-order chi connectivity index (χ0) is 15.8. The van der Waals surface area contributed by atoms with Crippen molar-refractivity contribution in [2.45, 2.75) is 26.9 Å². The van der Waals surface area contributed by atoms with E-state index in [1.807, 2.05) is 0 Å². The average molecular weight is 319 g/mol. The number of carbonyl (C=O) groups is 1. The van der Waals surface area contributed by atoms with Crippen LogP contribution >= 0.6 is 11.3 Å². The molecule has 9 heteroatoms. The summed E-state index contributed by atoms with van der Waals surface area (Å²) in [5.41, 5.74) is 0.832. The van der Waals surface area contributed by atoms with E-state index in [2.05, 4.69) is 10.1 Å². The first-order chi connectivity index (χ1) is 9.69. The Morgan fingerprint density at radius 2 is 2.05 bits per heavy atom. The maximum atomic E-state index is 12.7. The summed E-state index contributed by atoms with van der Waals surface area (Å²) in [5, 5.41) is 5.17. The smallest absolute Gasteiger partial charge is 0.361 e. The lowest BCUT2D eigenvalue weighted by Crippen LogP contribution is -2.39. The number of halogens is 3. The average Bonchev–Trinajstić information content (AvgIpc) is 2.91. The normalized spacial score (nSPS) is 11.7. The zero-order valence-electron chi connectivity index (χ0n) is 11.5. The van der Waals surface area contributed by atoms with Gasteiger partial charge in [0, 0.05) is 5.38 Å². The van der Waals surface area contributed by atoms with Crippen LogP contribution < -0.4 is 4.90 Å². The Morgan fingerprint density at radius 3 is 2.48 bits per heavy atom. The molecule has 0 radical (unpaired) electrons. The van der Waals surface area contributed by atoms with E-state index in [9.17, 15) is 18.0 Å². The Kier molecular flexibility index (Phi) is 4.04. The van der Waals surface area contributed by atoms with Gasteiger partial charge in [-0.3, -0.25) is 9.69 Å². The van der Waals surface area contributed by atoms with Crippen molar-refractivity contribution >= 4 is 22.4 Å². The molecule has 0 aliphatic rings. The van der Waals surface area contributed by atoms with Crippen LogP contribution in [0.5, 0.6) is 0 Å². The molecule has 0 spiro atoms. The van der Waals surface area contributed by atoms with Gasteiger partial charge < -0.3 is 4.52 Å². The number of hydrogen-bond donors (Lipinski definition) is 0. The van der Waals surface area contributed by atoms with Crippen LogP contribution in [0.15, 0.2) is 9.90 Å². The fourth-order valence-corrected chi connectivity index (χ4v) is 2.59. The minimum Gasteiger partial charge on any atom is -0.361 e. The van der Waals surface area contributed by atoms with E-state index in [1.54, 1.807) is 12.3 Å². The van der Waals surface area contributed by atoms with Crippen molar-refractivity contribution in [3.8, 4) is 0 Å². The van der Waals surface area contributed by atoms with Crippen LogP contribution in [0.25, 0.3) is 0 Å². The minimum absolute atomic E-state index is 0.00479. The molecule has 0 unspecified atom stereocenters. The molecule has 0 saturated heterocycles. The first-order valence-electron chi connectivity index (χ1n) is 5.92. The van der Waals surface area contributed by atoms with E-state index in [0.29, 0.717) is 10.6 Å². The molecule has 114 valence electrons. The topological polar surface area (TPSA) is 59.2 Å². The van der Waals surface area contributed by atoms with E-state index in [4.69, 9.17) is 4.52 Å². The van der Waals surface area contributed by atoms with E-state index < -0.39 is 18.6 Å². The molecular weight excluding hydrogens is 307 g/mol. The lowest BCUT2D eigenvalue weighted by Gasteiger charge is -2.21. The van der Waals surface area contributed by atoms with E-state index in [0.717, 1.165) is 11.3 Å². The Bertz CT molecular complexity index is 643. The van der Waals surface area contributed by atoms with Crippen molar-refractivity contribution < 1.29 is 22.5 Å². The van der Waals surface area contributed by atoms with E-state index in [1.165, 1.54) is 13.8 Å². The fourth-order valence-electron chi connectivity index (χ4n) is 1.79. The molecule has 2 aromatic rings. The number of rotatable bonds is 3. The van der Waals surface area contributed by atoms with Gasteiger partial charge in [0.1, 0.15) is 17.9 Å². The van der Waals surface area contributed by atoms with Crippen LogP contribution in [0.3, 0.4) is 0 Å². The van der Waals surface area contributed by atoms with Crippen LogP contribution in [0.2, 0.25) is 0 Å². The highest BCUT2D eigenvalue weighted by Gasteiger charge is 2.37. The standard InChI is InChI=1S/C12H12F3N3O2S/c1-6-4-21-11(16-6)18(5-12(13,14)15)10(19)9-7(2)17-20-8(9)3/h4H,5H2,1-3H3. The Labute approximate surface area is 122 Å². The lowest BCUT2D eigenvalue weighted by molar-refractivity contribution is -0.118. The first kappa shape index (κ1) is 15.5. The van der Waals surface area contributed by atoms with Crippen molar-refractivity contribution in [1.29, 1.82) is 0 Å². The largest absolute Gasteiger partial charge is 0.406 e. The Balaban J connectivity index is 2.42. The number of alkyl halides is 3. The van der Waals surface area contributed by atoms with Gasteiger partial charge in [0.15, 0.2) is 5.13 Å². The highest BCUT2D eigenvalue weighted by Crippen LogP contribution is 2.28. The summed E-state index contributed by atoms with van der Waals surface area (Å²) in [4.78, 5) is 17.0. The summed E-state index contributed by atoms with van der Waals surface area (Å²) in [7, 11) is 0. The van der Waals surface area contributed by atoms with Gasteiger partial charge >= 0.3 is 6.18 Å². The number of anilines is 1. The third-order valence-electron chi connectivity index (χ3n) is 2.67. The summed E-state index contributed by atoms with van der Waals surface area (Å²) < 4.78 is 43.1. The number of carbonyl (C=O) groups excluding carboxylic acids is 1.